The molecule has 0 unspecified atom stereocenters. The quantitative estimate of drug-likeness (QED) is 0.544. The van der Waals surface area contributed by atoms with Crippen molar-refractivity contribution < 1.29 is 9.53 Å². The molecule has 3 aromatic carbocycles. The number of nitriles is 1. The Morgan fingerprint density at radius 1 is 0.931 bits per heavy atom. The minimum absolute atomic E-state index is 0.0669. The largest absolute Gasteiger partial charge is 0.491 e. The summed E-state index contributed by atoms with van der Waals surface area (Å²) in [6, 6.07) is 27.2. The highest BCUT2D eigenvalue weighted by Crippen LogP contribution is 2.24. The predicted octanol–water partition coefficient (Wildman–Crippen LogP) is 5.05. The van der Waals surface area contributed by atoms with Gasteiger partial charge in [0.15, 0.2) is 0 Å². The molecule has 1 amide bonds. The van der Waals surface area contributed by atoms with Crippen molar-refractivity contribution >= 4 is 23.4 Å². The average Bonchev–Trinajstić information content (AvgIpc) is 2.76. The molecular formula is C24H22N2O2S. The van der Waals surface area contributed by atoms with Gasteiger partial charge in [0.2, 0.25) is 5.91 Å². The number of carbonyl (C=O) groups is 1. The van der Waals surface area contributed by atoms with Crippen LogP contribution in [0.25, 0.3) is 0 Å². The van der Waals surface area contributed by atoms with Crippen molar-refractivity contribution in [2.45, 2.75) is 12.2 Å². The van der Waals surface area contributed by atoms with Crippen molar-refractivity contribution in [1.29, 1.82) is 5.26 Å². The van der Waals surface area contributed by atoms with E-state index in [2.05, 4.69) is 23.5 Å². The van der Waals surface area contributed by atoms with Crippen molar-refractivity contribution in [3.8, 4) is 11.8 Å². The zero-order valence-corrected chi connectivity index (χ0v) is 16.8. The Morgan fingerprint density at radius 2 is 1.66 bits per heavy atom. The molecule has 0 fully saturated rings. The van der Waals surface area contributed by atoms with Crippen molar-refractivity contribution in [3.63, 3.8) is 0 Å². The van der Waals surface area contributed by atoms with E-state index in [1.165, 1.54) is 17.3 Å². The summed E-state index contributed by atoms with van der Waals surface area (Å²) < 4.78 is 5.89. The Kier molecular flexibility index (Phi) is 7.73. The molecule has 0 aliphatic heterocycles. The van der Waals surface area contributed by atoms with Gasteiger partial charge in [-0.3, -0.25) is 4.79 Å². The molecule has 146 valence electrons. The summed E-state index contributed by atoms with van der Waals surface area (Å²) in [5.74, 6) is 1.67. The van der Waals surface area contributed by atoms with E-state index >= 15 is 0 Å². The van der Waals surface area contributed by atoms with Crippen LogP contribution < -0.4 is 10.1 Å². The Balaban J connectivity index is 1.46. The van der Waals surface area contributed by atoms with Crippen molar-refractivity contribution in [1.82, 2.24) is 0 Å². The van der Waals surface area contributed by atoms with Crippen LogP contribution in [0.3, 0.4) is 0 Å². The Labute approximate surface area is 175 Å². The van der Waals surface area contributed by atoms with E-state index in [0.717, 1.165) is 12.0 Å². The van der Waals surface area contributed by atoms with Crippen molar-refractivity contribution in [2.75, 3.05) is 17.7 Å². The number of nitrogens with one attached hydrogen (secondary N) is 1. The Morgan fingerprint density at radius 3 is 2.41 bits per heavy atom. The predicted molar refractivity (Wildman–Crippen MR) is 118 cm³/mol. The van der Waals surface area contributed by atoms with Gasteiger partial charge in [-0.1, -0.05) is 54.6 Å². The van der Waals surface area contributed by atoms with Gasteiger partial charge < -0.3 is 10.1 Å². The first-order valence-electron chi connectivity index (χ1n) is 9.37. The summed E-state index contributed by atoms with van der Waals surface area (Å²) in [5, 5.41) is 11.8. The lowest BCUT2D eigenvalue weighted by Crippen LogP contribution is -2.15. The van der Waals surface area contributed by atoms with E-state index in [-0.39, 0.29) is 5.91 Å². The molecule has 1 N–H and O–H groups in total. The Hall–Kier alpha value is -3.23. The number of anilines is 1. The minimum atomic E-state index is -0.0669. The van der Waals surface area contributed by atoms with Crippen LogP contribution in [0.15, 0.2) is 78.9 Å². The highest BCUT2D eigenvalue weighted by Gasteiger charge is 2.08. The number of thioether (sulfide) groups is 1. The summed E-state index contributed by atoms with van der Waals surface area (Å²) in [4.78, 5) is 12.3. The van der Waals surface area contributed by atoms with Crippen LogP contribution >= 0.6 is 11.8 Å². The molecule has 0 radical (unpaired) electrons. The maximum Gasteiger partial charge on any atom is 0.234 e. The first-order valence-corrected chi connectivity index (χ1v) is 10.5. The lowest BCUT2D eigenvalue weighted by Gasteiger charge is -2.12. The lowest BCUT2D eigenvalue weighted by molar-refractivity contribution is -0.113. The number of hydrogen-bond donors (Lipinski definition) is 1. The summed E-state index contributed by atoms with van der Waals surface area (Å²) in [5.41, 5.74) is 3.63. The monoisotopic (exact) mass is 402 g/mol. The molecule has 0 bridgehead atoms. The maximum atomic E-state index is 12.3. The van der Waals surface area contributed by atoms with Gasteiger partial charge in [-0.15, -0.1) is 11.8 Å². The molecule has 0 atom stereocenters. The molecule has 4 nitrogen and oxygen atoms in total. The smallest absolute Gasteiger partial charge is 0.234 e. The van der Waals surface area contributed by atoms with Crippen LogP contribution in [0, 0.1) is 11.3 Å². The van der Waals surface area contributed by atoms with Crippen LogP contribution in [0.4, 0.5) is 5.69 Å². The molecule has 3 rings (SSSR count). The summed E-state index contributed by atoms with van der Waals surface area (Å²) in [6.07, 6.45) is 0.809. The number of amides is 1. The molecule has 0 saturated carbocycles. The van der Waals surface area contributed by atoms with Crippen LogP contribution in [0.2, 0.25) is 0 Å². The number of nitrogens with zero attached hydrogens (tertiary/aromatic N) is 1. The van der Waals surface area contributed by atoms with Gasteiger partial charge in [0.25, 0.3) is 0 Å². The van der Waals surface area contributed by atoms with Crippen LogP contribution in [-0.2, 0) is 17.0 Å². The first-order chi connectivity index (χ1) is 14.2. The molecule has 0 heterocycles. The summed E-state index contributed by atoms with van der Waals surface area (Å²) >= 11 is 1.53. The van der Waals surface area contributed by atoms with Crippen molar-refractivity contribution in [3.05, 3.63) is 95.6 Å². The lowest BCUT2D eigenvalue weighted by atomic mass is 10.2. The van der Waals surface area contributed by atoms with Crippen molar-refractivity contribution in [2.24, 2.45) is 0 Å². The first kappa shape index (κ1) is 20.5. The van der Waals surface area contributed by atoms with Crippen LogP contribution in [0.1, 0.15) is 16.7 Å². The van der Waals surface area contributed by atoms with Gasteiger partial charge in [0, 0.05) is 12.2 Å². The second-order valence-corrected chi connectivity index (χ2v) is 7.42. The molecule has 3 aromatic rings. The number of rotatable bonds is 9. The van der Waals surface area contributed by atoms with Gasteiger partial charge in [-0.2, -0.15) is 5.26 Å². The zero-order valence-electron chi connectivity index (χ0n) is 16.0. The third-order valence-electron chi connectivity index (χ3n) is 4.24. The fourth-order valence-electron chi connectivity index (χ4n) is 2.74. The van der Waals surface area contributed by atoms with E-state index < -0.39 is 0 Å². The van der Waals surface area contributed by atoms with Gasteiger partial charge in [0.05, 0.1) is 29.7 Å². The minimum Gasteiger partial charge on any atom is -0.491 e. The molecule has 0 aliphatic carbocycles. The number of para-hydroxylation sites is 2. The normalized spacial score (nSPS) is 10.2. The molecule has 0 saturated heterocycles. The molecule has 5 heteroatoms. The molecule has 0 spiro atoms. The number of carbonyl (C=O) groups excluding carboxylic acids is 1. The van der Waals surface area contributed by atoms with Gasteiger partial charge in [0.1, 0.15) is 5.75 Å². The average molecular weight is 403 g/mol. The zero-order chi connectivity index (χ0) is 20.3. The Bertz CT molecular complexity index is 966. The fraction of sp³-hybridized carbons (Fsp3) is 0.167. The highest BCUT2D eigenvalue weighted by atomic mass is 32.2. The second kappa shape index (κ2) is 10.9. The van der Waals surface area contributed by atoms with Crippen LogP contribution in [-0.4, -0.2) is 18.3 Å². The third-order valence-corrected chi connectivity index (χ3v) is 5.24. The maximum absolute atomic E-state index is 12.3. The topological polar surface area (TPSA) is 62.1 Å². The highest BCUT2D eigenvalue weighted by molar-refractivity contribution is 7.99. The molecule has 0 aliphatic rings. The number of hydrogen-bond acceptors (Lipinski definition) is 4. The van der Waals surface area contributed by atoms with Gasteiger partial charge in [-0.05, 0) is 35.4 Å². The standard InChI is InChI=1S/C24H22N2O2S/c25-16-20-10-12-21(13-11-20)17-29-18-24(27)26-22-8-4-5-9-23(22)28-15-14-19-6-2-1-3-7-19/h1-13H,14-15,17-18H2,(H,26,27). The second-order valence-electron chi connectivity index (χ2n) is 6.43. The van der Waals surface area contributed by atoms with Crippen LogP contribution in [0.5, 0.6) is 5.75 Å². The van der Waals surface area contributed by atoms with E-state index in [4.69, 9.17) is 10.00 Å². The number of ether oxygens (including phenoxy) is 1. The number of benzene rings is 3. The van der Waals surface area contributed by atoms with Gasteiger partial charge >= 0.3 is 0 Å². The third kappa shape index (κ3) is 6.70. The molecular weight excluding hydrogens is 380 g/mol. The summed E-state index contributed by atoms with van der Waals surface area (Å²) in [7, 11) is 0. The molecule has 29 heavy (non-hydrogen) atoms. The van der Waals surface area contributed by atoms with E-state index in [1.54, 1.807) is 12.1 Å². The van der Waals surface area contributed by atoms with E-state index in [0.29, 0.717) is 35.1 Å². The van der Waals surface area contributed by atoms with Gasteiger partial charge in [-0.25, -0.2) is 0 Å². The van der Waals surface area contributed by atoms with E-state index in [1.807, 2.05) is 54.6 Å². The fourth-order valence-corrected chi connectivity index (χ4v) is 3.53. The SMILES string of the molecule is N#Cc1ccc(CSCC(=O)Nc2ccccc2OCCc2ccccc2)cc1. The summed E-state index contributed by atoms with van der Waals surface area (Å²) in [6.45, 7) is 0.546. The van der Waals surface area contributed by atoms with E-state index in [9.17, 15) is 4.79 Å². The molecule has 0 aromatic heterocycles.